The summed E-state index contributed by atoms with van der Waals surface area (Å²) in [5.41, 5.74) is 0.280. The summed E-state index contributed by atoms with van der Waals surface area (Å²) in [6, 6.07) is 1.67. The molecule has 5 heteroatoms. The number of pyridine rings is 1. The summed E-state index contributed by atoms with van der Waals surface area (Å²) < 4.78 is 0. The second kappa shape index (κ2) is 7.21. The van der Waals surface area contributed by atoms with Crippen molar-refractivity contribution in [3.8, 4) is 5.75 Å². The van der Waals surface area contributed by atoms with Crippen LogP contribution in [-0.4, -0.2) is 39.4 Å². The molecular weight excluding hydrogens is 252 g/mol. The Morgan fingerprint density at radius 2 is 2.17 bits per heavy atom. The van der Waals surface area contributed by atoms with Gasteiger partial charge in [0.15, 0.2) is 0 Å². The SMILES string of the molecule is CCC(CC)N(CCCl)C(=O)c1ccncc1O. The van der Waals surface area contributed by atoms with E-state index in [1.807, 2.05) is 13.8 Å². The van der Waals surface area contributed by atoms with Gasteiger partial charge in [0, 0.05) is 24.7 Å². The maximum absolute atomic E-state index is 12.4. The second-order valence-corrected chi connectivity index (χ2v) is 4.43. The molecule has 0 aromatic carbocycles. The van der Waals surface area contributed by atoms with Gasteiger partial charge in [-0.2, -0.15) is 0 Å². The molecule has 0 atom stereocenters. The lowest BCUT2D eigenvalue weighted by Crippen LogP contribution is -2.41. The van der Waals surface area contributed by atoms with Gasteiger partial charge in [0.1, 0.15) is 5.75 Å². The van der Waals surface area contributed by atoms with E-state index in [1.54, 1.807) is 4.90 Å². The van der Waals surface area contributed by atoms with Gasteiger partial charge in [-0.15, -0.1) is 11.6 Å². The third-order valence-electron chi connectivity index (χ3n) is 3.00. The molecule has 1 N–H and O–H groups in total. The predicted octanol–water partition coefficient (Wildman–Crippen LogP) is 2.66. The van der Waals surface area contributed by atoms with Gasteiger partial charge in [-0.25, -0.2) is 0 Å². The molecule has 1 aromatic rings. The minimum atomic E-state index is -0.191. The molecule has 100 valence electrons. The van der Waals surface area contributed by atoms with Crippen LogP contribution in [0.15, 0.2) is 18.5 Å². The van der Waals surface area contributed by atoms with E-state index in [4.69, 9.17) is 11.6 Å². The van der Waals surface area contributed by atoms with E-state index >= 15 is 0 Å². The van der Waals surface area contributed by atoms with E-state index in [2.05, 4.69) is 4.98 Å². The van der Waals surface area contributed by atoms with Crippen molar-refractivity contribution in [3.05, 3.63) is 24.0 Å². The number of carbonyl (C=O) groups excluding carboxylic acids is 1. The Morgan fingerprint density at radius 3 is 2.67 bits per heavy atom. The molecule has 0 saturated heterocycles. The monoisotopic (exact) mass is 270 g/mol. The molecule has 1 aromatic heterocycles. The van der Waals surface area contributed by atoms with Crippen molar-refractivity contribution >= 4 is 17.5 Å². The van der Waals surface area contributed by atoms with Gasteiger partial charge in [-0.3, -0.25) is 9.78 Å². The number of alkyl halides is 1. The lowest BCUT2D eigenvalue weighted by Gasteiger charge is -2.30. The maximum Gasteiger partial charge on any atom is 0.258 e. The summed E-state index contributed by atoms with van der Waals surface area (Å²) in [5.74, 6) is 0.103. The third kappa shape index (κ3) is 3.35. The average Bonchev–Trinajstić information content (AvgIpc) is 2.39. The Balaban J connectivity index is 2.99. The van der Waals surface area contributed by atoms with Crippen LogP contribution in [0.2, 0.25) is 0 Å². The van der Waals surface area contributed by atoms with Crippen LogP contribution in [0.5, 0.6) is 5.75 Å². The Bertz CT molecular complexity index is 394. The van der Waals surface area contributed by atoms with Crippen LogP contribution in [-0.2, 0) is 0 Å². The molecule has 0 radical (unpaired) electrons. The van der Waals surface area contributed by atoms with Crippen molar-refractivity contribution in [2.24, 2.45) is 0 Å². The Hall–Kier alpha value is -1.29. The van der Waals surface area contributed by atoms with E-state index in [-0.39, 0.29) is 23.3 Å². The summed E-state index contributed by atoms with van der Waals surface area (Å²) in [6.45, 7) is 4.55. The topological polar surface area (TPSA) is 53.4 Å². The highest BCUT2D eigenvalue weighted by atomic mass is 35.5. The van der Waals surface area contributed by atoms with Crippen molar-refractivity contribution < 1.29 is 9.90 Å². The van der Waals surface area contributed by atoms with E-state index in [0.717, 1.165) is 12.8 Å². The average molecular weight is 271 g/mol. The largest absolute Gasteiger partial charge is 0.505 e. The van der Waals surface area contributed by atoms with Crippen molar-refractivity contribution in [1.29, 1.82) is 0 Å². The zero-order chi connectivity index (χ0) is 13.5. The van der Waals surface area contributed by atoms with E-state index < -0.39 is 0 Å². The smallest absolute Gasteiger partial charge is 0.258 e. The molecule has 0 unspecified atom stereocenters. The van der Waals surface area contributed by atoms with Crippen LogP contribution in [0.4, 0.5) is 0 Å². The van der Waals surface area contributed by atoms with E-state index in [0.29, 0.717) is 12.4 Å². The summed E-state index contributed by atoms with van der Waals surface area (Å²) in [5, 5.41) is 9.68. The molecule has 1 heterocycles. The number of halogens is 1. The van der Waals surface area contributed by atoms with Gasteiger partial charge >= 0.3 is 0 Å². The third-order valence-corrected chi connectivity index (χ3v) is 3.17. The lowest BCUT2D eigenvalue weighted by molar-refractivity contribution is 0.0678. The van der Waals surface area contributed by atoms with Gasteiger partial charge in [-0.05, 0) is 18.9 Å². The molecule has 0 saturated carbocycles. The number of carbonyl (C=O) groups is 1. The highest BCUT2D eigenvalue weighted by Crippen LogP contribution is 2.19. The molecule has 0 bridgehead atoms. The fourth-order valence-corrected chi connectivity index (χ4v) is 2.17. The van der Waals surface area contributed by atoms with Gasteiger partial charge in [-0.1, -0.05) is 13.8 Å². The highest BCUT2D eigenvalue weighted by molar-refractivity contribution is 6.18. The van der Waals surface area contributed by atoms with Gasteiger partial charge in [0.2, 0.25) is 0 Å². The minimum Gasteiger partial charge on any atom is -0.505 e. The number of rotatable bonds is 6. The molecule has 0 spiro atoms. The first-order chi connectivity index (χ1) is 8.65. The number of hydrogen-bond donors (Lipinski definition) is 1. The summed E-state index contributed by atoms with van der Waals surface area (Å²) in [7, 11) is 0. The van der Waals surface area contributed by atoms with Crippen LogP contribution in [0, 0.1) is 0 Å². The number of hydrogen-bond acceptors (Lipinski definition) is 3. The van der Waals surface area contributed by atoms with Gasteiger partial charge in [0.05, 0.1) is 11.8 Å². The molecule has 0 aliphatic rings. The van der Waals surface area contributed by atoms with Crippen LogP contribution in [0.25, 0.3) is 0 Å². The van der Waals surface area contributed by atoms with Crippen molar-refractivity contribution in [2.75, 3.05) is 12.4 Å². The van der Waals surface area contributed by atoms with Crippen molar-refractivity contribution in [1.82, 2.24) is 9.88 Å². The zero-order valence-corrected chi connectivity index (χ0v) is 11.5. The molecule has 1 amide bonds. The summed E-state index contributed by atoms with van der Waals surface area (Å²) in [4.78, 5) is 17.9. The molecule has 1 rings (SSSR count). The molecular formula is C13H19ClN2O2. The minimum absolute atomic E-state index is 0.0898. The van der Waals surface area contributed by atoms with Gasteiger partial charge in [0.25, 0.3) is 5.91 Å². The second-order valence-electron chi connectivity index (χ2n) is 4.05. The Labute approximate surface area is 113 Å². The predicted molar refractivity (Wildman–Crippen MR) is 72.0 cm³/mol. The first-order valence-corrected chi connectivity index (χ1v) is 6.69. The molecule has 0 aliphatic carbocycles. The number of aromatic nitrogens is 1. The van der Waals surface area contributed by atoms with Crippen LogP contribution in [0.1, 0.15) is 37.0 Å². The van der Waals surface area contributed by atoms with Gasteiger partial charge < -0.3 is 10.0 Å². The Kier molecular flexibility index (Phi) is 5.92. The standard InChI is InChI=1S/C13H19ClN2O2/c1-3-10(4-2)16(8-6-14)13(18)11-5-7-15-9-12(11)17/h5,7,9-10,17H,3-4,6,8H2,1-2H3. The highest BCUT2D eigenvalue weighted by Gasteiger charge is 2.23. The maximum atomic E-state index is 12.4. The zero-order valence-electron chi connectivity index (χ0n) is 10.8. The summed E-state index contributed by atoms with van der Waals surface area (Å²) >= 11 is 5.76. The van der Waals surface area contributed by atoms with E-state index in [1.165, 1.54) is 18.5 Å². The fourth-order valence-electron chi connectivity index (χ4n) is 1.99. The first-order valence-electron chi connectivity index (χ1n) is 6.15. The summed E-state index contributed by atoms with van der Waals surface area (Å²) in [6.07, 6.45) is 4.51. The molecule has 18 heavy (non-hydrogen) atoms. The van der Waals surface area contributed by atoms with Crippen LogP contribution < -0.4 is 0 Å². The lowest BCUT2D eigenvalue weighted by atomic mass is 10.1. The number of nitrogens with zero attached hydrogens (tertiary/aromatic N) is 2. The fraction of sp³-hybridized carbons (Fsp3) is 0.538. The number of aromatic hydroxyl groups is 1. The van der Waals surface area contributed by atoms with Crippen LogP contribution >= 0.6 is 11.6 Å². The Morgan fingerprint density at radius 1 is 1.50 bits per heavy atom. The molecule has 0 fully saturated rings. The van der Waals surface area contributed by atoms with Crippen LogP contribution in [0.3, 0.4) is 0 Å². The quantitative estimate of drug-likeness (QED) is 0.809. The normalized spacial score (nSPS) is 10.7. The molecule has 0 aliphatic heterocycles. The van der Waals surface area contributed by atoms with E-state index in [9.17, 15) is 9.90 Å². The van der Waals surface area contributed by atoms with Crippen molar-refractivity contribution in [3.63, 3.8) is 0 Å². The first kappa shape index (κ1) is 14.8. The molecule has 4 nitrogen and oxygen atoms in total. The number of amides is 1. The van der Waals surface area contributed by atoms with Crippen molar-refractivity contribution in [2.45, 2.75) is 32.7 Å².